The van der Waals surface area contributed by atoms with Crippen molar-refractivity contribution in [2.75, 3.05) is 37.5 Å². The maximum atomic E-state index is 12.0. The highest BCUT2D eigenvalue weighted by Gasteiger charge is 2.16. The molecule has 1 heterocycles. The molecule has 0 spiro atoms. The summed E-state index contributed by atoms with van der Waals surface area (Å²) >= 11 is 6.39. The van der Waals surface area contributed by atoms with Crippen LogP contribution in [-0.4, -0.2) is 43.2 Å². The van der Waals surface area contributed by atoms with E-state index in [1.165, 1.54) is 26.0 Å². The quantitative estimate of drug-likeness (QED) is 0.273. The third-order valence-corrected chi connectivity index (χ3v) is 5.87. The van der Waals surface area contributed by atoms with Crippen LogP contribution in [-0.2, 0) is 11.3 Å². The molecular weight excluding hydrogens is 492 g/mol. The molecule has 0 unspecified atom stereocenters. The van der Waals surface area contributed by atoms with E-state index in [2.05, 4.69) is 60.0 Å². The number of halogens is 1. The molecule has 0 bridgehead atoms. The minimum absolute atomic E-state index is 0.0981. The van der Waals surface area contributed by atoms with Crippen molar-refractivity contribution in [2.45, 2.75) is 34.3 Å². The highest BCUT2D eigenvalue weighted by atomic mass is 35.5. The Kier molecular flexibility index (Phi) is 9.97. The Balaban J connectivity index is 1.64. The molecule has 0 aliphatic rings. The smallest absolute Gasteiger partial charge is 0.337 e. The molecule has 1 aromatic heterocycles. The summed E-state index contributed by atoms with van der Waals surface area (Å²) in [6.07, 6.45) is 3.15. The van der Waals surface area contributed by atoms with E-state index in [-0.39, 0.29) is 6.61 Å². The SMILES string of the molecule is COC(=O)c1cc(COc2cnc(Nc3ccc(N(CC(C)C)CC(C)C)cc3)nc2)c(Cl)c(OC)c1. The van der Waals surface area contributed by atoms with Gasteiger partial charge in [-0.3, -0.25) is 0 Å². The number of hydrogen-bond acceptors (Lipinski definition) is 8. The summed E-state index contributed by atoms with van der Waals surface area (Å²) in [5, 5.41) is 3.58. The van der Waals surface area contributed by atoms with Gasteiger partial charge in [-0.1, -0.05) is 39.3 Å². The lowest BCUT2D eigenvalue weighted by Crippen LogP contribution is -2.31. The van der Waals surface area contributed by atoms with Crippen molar-refractivity contribution in [1.82, 2.24) is 9.97 Å². The highest BCUT2D eigenvalue weighted by Crippen LogP contribution is 2.31. The summed E-state index contributed by atoms with van der Waals surface area (Å²) in [6.45, 7) is 11.1. The van der Waals surface area contributed by atoms with E-state index < -0.39 is 5.97 Å². The van der Waals surface area contributed by atoms with Crippen LogP contribution in [0.5, 0.6) is 11.5 Å². The Hall–Kier alpha value is -3.52. The van der Waals surface area contributed by atoms with Gasteiger partial charge in [-0.15, -0.1) is 0 Å². The zero-order chi connectivity index (χ0) is 26.9. The fourth-order valence-corrected chi connectivity index (χ4v) is 4.05. The average molecular weight is 527 g/mol. The molecule has 0 aliphatic carbocycles. The lowest BCUT2D eigenvalue weighted by molar-refractivity contribution is 0.0600. The normalized spacial score (nSPS) is 10.9. The molecule has 0 aliphatic heterocycles. The molecule has 0 radical (unpaired) electrons. The summed E-state index contributed by atoms with van der Waals surface area (Å²) in [4.78, 5) is 23.1. The number of nitrogens with one attached hydrogen (secondary N) is 1. The zero-order valence-electron chi connectivity index (χ0n) is 22.2. The predicted octanol–water partition coefficient (Wildman–Crippen LogP) is 6.37. The van der Waals surface area contributed by atoms with Crippen LogP contribution in [0.15, 0.2) is 48.8 Å². The number of carbonyl (C=O) groups excluding carboxylic acids is 1. The number of benzene rings is 2. The van der Waals surface area contributed by atoms with Gasteiger partial charge in [-0.05, 0) is 48.2 Å². The standard InChI is InChI=1S/C28H35ClN4O4/c1-18(2)15-33(16-19(3)4)23-9-7-22(8-10-23)32-28-30-13-24(14-31-28)37-17-21-11-20(27(34)36-6)12-25(35-5)26(21)29/h7-14,18-19H,15-17H2,1-6H3,(H,30,31,32). The minimum Gasteiger partial charge on any atom is -0.495 e. The van der Waals surface area contributed by atoms with Crippen molar-refractivity contribution >= 4 is 34.9 Å². The van der Waals surface area contributed by atoms with Crippen LogP contribution in [0, 0.1) is 11.8 Å². The number of methoxy groups -OCH3 is 2. The van der Waals surface area contributed by atoms with Gasteiger partial charge in [0.2, 0.25) is 5.95 Å². The van der Waals surface area contributed by atoms with Gasteiger partial charge in [0.1, 0.15) is 12.4 Å². The highest BCUT2D eigenvalue weighted by molar-refractivity contribution is 6.33. The van der Waals surface area contributed by atoms with Crippen LogP contribution < -0.4 is 19.7 Å². The second kappa shape index (κ2) is 13.1. The van der Waals surface area contributed by atoms with E-state index in [1.807, 2.05) is 12.1 Å². The summed E-state index contributed by atoms with van der Waals surface area (Å²) < 4.78 is 15.9. The van der Waals surface area contributed by atoms with Gasteiger partial charge in [0.15, 0.2) is 5.75 Å². The van der Waals surface area contributed by atoms with Crippen molar-refractivity contribution < 1.29 is 19.0 Å². The van der Waals surface area contributed by atoms with Gasteiger partial charge in [0.25, 0.3) is 0 Å². The molecule has 1 N–H and O–H groups in total. The molecule has 3 aromatic rings. The van der Waals surface area contributed by atoms with E-state index in [0.717, 1.165) is 18.8 Å². The fraction of sp³-hybridized carbons (Fsp3) is 0.393. The minimum atomic E-state index is -0.490. The van der Waals surface area contributed by atoms with Crippen LogP contribution in [0.3, 0.4) is 0 Å². The number of aromatic nitrogens is 2. The maximum Gasteiger partial charge on any atom is 0.337 e. The molecule has 0 fully saturated rings. The summed E-state index contributed by atoms with van der Waals surface area (Å²) in [5.41, 5.74) is 2.99. The lowest BCUT2D eigenvalue weighted by atomic mass is 10.1. The molecule has 3 rings (SSSR count). The monoisotopic (exact) mass is 526 g/mol. The Morgan fingerprint density at radius 1 is 1.00 bits per heavy atom. The molecule has 37 heavy (non-hydrogen) atoms. The van der Waals surface area contributed by atoms with E-state index in [4.69, 9.17) is 25.8 Å². The largest absolute Gasteiger partial charge is 0.495 e. The first-order chi connectivity index (χ1) is 17.7. The van der Waals surface area contributed by atoms with Crippen LogP contribution >= 0.6 is 11.6 Å². The Bertz CT molecular complexity index is 1160. The van der Waals surface area contributed by atoms with Gasteiger partial charge >= 0.3 is 5.97 Å². The predicted molar refractivity (Wildman–Crippen MR) is 147 cm³/mol. The Morgan fingerprint density at radius 2 is 1.62 bits per heavy atom. The van der Waals surface area contributed by atoms with Crippen LogP contribution in [0.4, 0.5) is 17.3 Å². The van der Waals surface area contributed by atoms with Gasteiger partial charge in [0, 0.05) is 30.0 Å². The number of ether oxygens (including phenoxy) is 3. The fourth-order valence-electron chi connectivity index (χ4n) is 3.81. The van der Waals surface area contributed by atoms with Crippen molar-refractivity contribution in [3.05, 3.63) is 64.9 Å². The molecule has 0 saturated carbocycles. The van der Waals surface area contributed by atoms with Crippen molar-refractivity contribution in [2.24, 2.45) is 11.8 Å². The van der Waals surface area contributed by atoms with Crippen molar-refractivity contribution in [3.8, 4) is 11.5 Å². The number of nitrogens with zero attached hydrogens (tertiary/aromatic N) is 3. The first-order valence-electron chi connectivity index (χ1n) is 12.2. The van der Waals surface area contributed by atoms with Crippen LogP contribution in [0.25, 0.3) is 0 Å². The maximum absolute atomic E-state index is 12.0. The second-order valence-electron chi connectivity index (χ2n) is 9.54. The van der Waals surface area contributed by atoms with Gasteiger partial charge in [-0.25, -0.2) is 14.8 Å². The topological polar surface area (TPSA) is 85.8 Å². The molecule has 0 amide bonds. The van der Waals surface area contributed by atoms with Gasteiger partial charge in [-0.2, -0.15) is 0 Å². The number of hydrogen-bond donors (Lipinski definition) is 1. The second-order valence-corrected chi connectivity index (χ2v) is 9.92. The average Bonchev–Trinajstić information content (AvgIpc) is 2.88. The first-order valence-corrected chi connectivity index (χ1v) is 12.6. The third kappa shape index (κ3) is 7.98. The number of carbonyl (C=O) groups is 1. The molecule has 8 nitrogen and oxygen atoms in total. The van der Waals surface area contributed by atoms with E-state index in [1.54, 1.807) is 18.5 Å². The first kappa shape index (κ1) is 28.1. The van der Waals surface area contributed by atoms with E-state index in [0.29, 0.717) is 45.4 Å². The lowest BCUT2D eigenvalue weighted by Gasteiger charge is -2.28. The van der Waals surface area contributed by atoms with Crippen LogP contribution in [0.1, 0.15) is 43.6 Å². The van der Waals surface area contributed by atoms with Gasteiger partial charge in [0.05, 0.1) is 37.2 Å². The number of esters is 1. The number of rotatable bonds is 12. The molecule has 2 aromatic carbocycles. The molecule has 0 saturated heterocycles. The summed E-state index contributed by atoms with van der Waals surface area (Å²) in [7, 11) is 2.79. The Labute approximate surface area is 223 Å². The van der Waals surface area contributed by atoms with E-state index >= 15 is 0 Å². The van der Waals surface area contributed by atoms with Gasteiger partial charge < -0.3 is 24.4 Å². The molecule has 9 heteroatoms. The molecule has 0 atom stereocenters. The molecule has 198 valence electrons. The summed E-state index contributed by atoms with van der Waals surface area (Å²) in [5.74, 6) is 1.95. The summed E-state index contributed by atoms with van der Waals surface area (Å²) in [6, 6.07) is 11.4. The Morgan fingerprint density at radius 3 is 2.16 bits per heavy atom. The van der Waals surface area contributed by atoms with Crippen molar-refractivity contribution in [3.63, 3.8) is 0 Å². The zero-order valence-corrected chi connectivity index (χ0v) is 23.0. The van der Waals surface area contributed by atoms with Crippen LogP contribution in [0.2, 0.25) is 5.02 Å². The molecular formula is C28H35ClN4O4. The number of anilines is 3. The third-order valence-electron chi connectivity index (χ3n) is 5.44. The van der Waals surface area contributed by atoms with Crippen molar-refractivity contribution in [1.29, 1.82) is 0 Å². The van der Waals surface area contributed by atoms with E-state index in [9.17, 15) is 4.79 Å².